The largest absolute Gasteiger partial charge is 0.480 e. The van der Waals surface area contributed by atoms with E-state index in [0.29, 0.717) is 0 Å². The van der Waals surface area contributed by atoms with E-state index in [-0.39, 0.29) is 18.1 Å². The monoisotopic (exact) mass is 254 g/mol. The minimum absolute atomic E-state index is 0.0707. The molecule has 0 atom stereocenters. The standard InChI is InChI=1S/C13H22N2O3/c1-13(2,10-14)5-8-15-6-3-11(4-7-15)18-9-12(16)17/h11H,3-9H2,1-2H3,(H,16,17). The average Bonchev–Trinajstić information content (AvgIpc) is 2.35. The number of hydrogen-bond donors (Lipinski definition) is 1. The molecule has 102 valence electrons. The molecule has 0 bridgehead atoms. The fraction of sp³-hybridized carbons (Fsp3) is 0.846. The van der Waals surface area contributed by atoms with Crippen LogP contribution < -0.4 is 0 Å². The van der Waals surface area contributed by atoms with Crippen LogP contribution in [0.2, 0.25) is 0 Å². The molecule has 0 aliphatic carbocycles. The number of ether oxygens (including phenoxy) is 1. The highest BCUT2D eigenvalue weighted by atomic mass is 16.5. The number of carbonyl (C=O) groups is 1. The van der Waals surface area contributed by atoms with Crippen molar-refractivity contribution in [2.75, 3.05) is 26.2 Å². The number of rotatable bonds is 6. The number of hydrogen-bond acceptors (Lipinski definition) is 4. The maximum Gasteiger partial charge on any atom is 0.329 e. The van der Waals surface area contributed by atoms with Gasteiger partial charge in [-0.3, -0.25) is 0 Å². The summed E-state index contributed by atoms with van der Waals surface area (Å²) in [5.74, 6) is -0.909. The van der Waals surface area contributed by atoms with Crippen LogP contribution in [0.3, 0.4) is 0 Å². The summed E-state index contributed by atoms with van der Waals surface area (Å²) < 4.78 is 5.28. The number of nitriles is 1. The average molecular weight is 254 g/mol. The van der Waals surface area contributed by atoms with Crippen LogP contribution in [0.15, 0.2) is 0 Å². The summed E-state index contributed by atoms with van der Waals surface area (Å²) in [5.41, 5.74) is -0.267. The Hall–Kier alpha value is -1.12. The smallest absolute Gasteiger partial charge is 0.329 e. The highest BCUT2D eigenvalue weighted by Gasteiger charge is 2.23. The fourth-order valence-electron chi connectivity index (χ4n) is 1.98. The number of aliphatic carboxylic acids is 1. The van der Waals surface area contributed by atoms with E-state index < -0.39 is 5.97 Å². The molecule has 0 unspecified atom stereocenters. The first-order valence-corrected chi connectivity index (χ1v) is 6.40. The molecule has 5 heteroatoms. The van der Waals surface area contributed by atoms with Gasteiger partial charge in [0, 0.05) is 13.1 Å². The van der Waals surface area contributed by atoms with Crippen molar-refractivity contribution in [3.05, 3.63) is 0 Å². The first kappa shape index (κ1) is 14.9. The van der Waals surface area contributed by atoms with E-state index in [2.05, 4.69) is 11.0 Å². The second kappa shape index (κ2) is 6.72. The number of nitrogens with zero attached hydrogens (tertiary/aromatic N) is 2. The van der Waals surface area contributed by atoms with E-state index in [1.54, 1.807) is 0 Å². The number of carboxylic acid groups (broad SMARTS) is 1. The van der Waals surface area contributed by atoms with Crippen LogP contribution in [0.5, 0.6) is 0 Å². The van der Waals surface area contributed by atoms with Crippen LogP contribution in [0, 0.1) is 16.7 Å². The van der Waals surface area contributed by atoms with E-state index in [0.717, 1.165) is 38.9 Å². The minimum Gasteiger partial charge on any atom is -0.480 e. The molecule has 0 aromatic heterocycles. The SMILES string of the molecule is CC(C)(C#N)CCN1CCC(OCC(=O)O)CC1. The van der Waals surface area contributed by atoms with Gasteiger partial charge in [0.05, 0.1) is 17.6 Å². The van der Waals surface area contributed by atoms with Crippen molar-refractivity contribution in [2.24, 2.45) is 5.41 Å². The fourth-order valence-corrected chi connectivity index (χ4v) is 1.98. The molecule has 18 heavy (non-hydrogen) atoms. The van der Waals surface area contributed by atoms with Crippen molar-refractivity contribution in [3.63, 3.8) is 0 Å². The Morgan fingerprint density at radius 3 is 2.61 bits per heavy atom. The van der Waals surface area contributed by atoms with Crippen LogP contribution >= 0.6 is 0 Å². The molecule has 0 radical (unpaired) electrons. The molecule has 0 amide bonds. The summed E-state index contributed by atoms with van der Waals surface area (Å²) in [7, 11) is 0. The second-order valence-corrected chi connectivity index (χ2v) is 5.49. The van der Waals surface area contributed by atoms with Crippen molar-refractivity contribution in [1.29, 1.82) is 5.26 Å². The van der Waals surface area contributed by atoms with E-state index in [9.17, 15) is 4.79 Å². The first-order chi connectivity index (χ1) is 8.43. The van der Waals surface area contributed by atoms with Gasteiger partial charge in [-0.15, -0.1) is 0 Å². The Kier molecular flexibility index (Phi) is 5.57. The molecule has 0 aromatic carbocycles. The predicted molar refractivity (Wildman–Crippen MR) is 67.1 cm³/mol. The van der Waals surface area contributed by atoms with Gasteiger partial charge in [-0.2, -0.15) is 5.26 Å². The summed E-state index contributed by atoms with van der Waals surface area (Å²) in [6, 6.07) is 2.31. The number of likely N-dealkylation sites (tertiary alicyclic amines) is 1. The molecule has 5 nitrogen and oxygen atoms in total. The van der Waals surface area contributed by atoms with Crippen molar-refractivity contribution in [1.82, 2.24) is 4.90 Å². The number of carboxylic acids is 1. The van der Waals surface area contributed by atoms with Gasteiger partial charge in [0.25, 0.3) is 0 Å². The van der Waals surface area contributed by atoms with Gasteiger partial charge in [0.2, 0.25) is 0 Å². The highest BCUT2D eigenvalue weighted by molar-refractivity contribution is 5.68. The van der Waals surface area contributed by atoms with Crippen molar-refractivity contribution >= 4 is 5.97 Å². The lowest BCUT2D eigenvalue weighted by Gasteiger charge is -2.32. The Labute approximate surface area is 108 Å². The topological polar surface area (TPSA) is 73.6 Å². The molecular formula is C13H22N2O3. The maximum atomic E-state index is 10.4. The molecule has 0 spiro atoms. The molecule has 1 aliphatic heterocycles. The van der Waals surface area contributed by atoms with Gasteiger partial charge in [-0.1, -0.05) is 0 Å². The van der Waals surface area contributed by atoms with Gasteiger partial charge < -0.3 is 14.7 Å². The molecule has 1 rings (SSSR count). The summed E-state index contributed by atoms with van der Waals surface area (Å²) in [4.78, 5) is 12.7. The molecule has 0 aromatic rings. The van der Waals surface area contributed by atoms with E-state index in [4.69, 9.17) is 15.1 Å². The summed E-state index contributed by atoms with van der Waals surface area (Å²) in [5, 5.41) is 17.5. The zero-order valence-electron chi connectivity index (χ0n) is 11.2. The third-order valence-electron chi connectivity index (χ3n) is 3.33. The molecule has 1 fully saturated rings. The molecule has 1 aliphatic rings. The lowest BCUT2D eigenvalue weighted by molar-refractivity contribution is -0.145. The van der Waals surface area contributed by atoms with E-state index in [1.165, 1.54) is 0 Å². The first-order valence-electron chi connectivity index (χ1n) is 6.40. The molecule has 1 saturated heterocycles. The molecule has 1 N–H and O–H groups in total. The predicted octanol–water partition coefficient (Wildman–Crippen LogP) is 1.49. The van der Waals surface area contributed by atoms with Gasteiger partial charge in [0.1, 0.15) is 6.61 Å². The summed E-state index contributed by atoms with van der Waals surface area (Å²) in [6.07, 6.45) is 2.69. The third-order valence-corrected chi connectivity index (χ3v) is 3.33. The van der Waals surface area contributed by atoms with Crippen LogP contribution in [0.4, 0.5) is 0 Å². The van der Waals surface area contributed by atoms with E-state index in [1.807, 2.05) is 13.8 Å². The van der Waals surface area contributed by atoms with Crippen molar-refractivity contribution in [2.45, 2.75) is 39.2 Å². The Morgan fingerprint density at radius 1 is 1.50 bits per heavy atom. The number of piperidine rings is 1. The third kappa shape index (κ3) is 5.48. The lowest BCUT2D eigenvalue weighted by Crippen LogP contribution is -2.39. The summed E-state index contributed by atoms with van der Waals surface area (Å²) in [6.45, 7) is 6.47. The normalized spacial score (nSPS) is 18.5. The summed E-state index contributed by atoms with van der Waals surface area (Å²) >= 11 is 0. The van der Waals surface area contributed by atoms with Gasteiger partial charge in [0.15, 0.2) is 0 Å². The van der Waals surface area contributed by atoms with Crippen LogP contribution in [0.1, 0.15) is 33.1 Å². The van der Waals surface area contributed by atoms with Crippen molar-refractivity contribution in [3.8, 4) is 6.07 Å². The van der Waals surface area contributed by atoms with E-state index >= 15 is 0 Å². The second-order valence-electron chi connectivity index (χ2n) is 5.49. The van der Waals surface area contributed by atoms with Crippen LogP contribution in [-0.4, -0.2) is 48.3 Å². The minimum atomic E-state index is -0.909. The Morgan fingerprint density at radius 2 is 2.11 bits per heavy atom. The van der Waals surface area contributed by atoms with Gasteiger partial charge in [-0.25, -0.2) is 4.79 Å². The van der Waals surface area contributed by atoms with Crippen LogP contribution in [-0.2, 0) is 9.53 Å². The van der Waals surface area contributed by atoms with Crippen LogP contribution in [0.25, 0.3) is 0 Å². The van der Waals surface area contributed by atoms with Gasteiger partial charge in [-0.05, 0) is 39.7 Å². The van der Waals surface area contributed by atoms with Gasteiger partial charge >= 0.3 is 5.97 Å². The molecule has 1 heterocycles. The highest BCUT2D eigenvalue weighted by Crippen LogP contribution is 2.21. The molecular weight excluding hydrogens is 232 g/mol. The zero-order valence-corrected chi connectivity index (χ0v) is 11.2. The maximum absolute atomic E-state index is 10.4. The molecule has 0 saturated carbocycles. The quantitative estimate of drug-likeness (QED) is 0.777. The Bertz CT molecular complexity index is 315. The Balaban J connectivity index is 2.20. The zero-order chi connectivity index (χ0) is 13.6. The van der Waals surface area contributed by atoms with Crippen molar-refractivity contribution < 1.29 is 14.6 Å². The lowest BCUT2D eigenvalue weighted by atomic mass is 9.91.